The molecule has 1 saturated heterocycles. The van der Waals surface area contributed by atoms with Crippen molar-refractivity contribution in [1.82, 2.24) is 9.03 Å². The lowest BCUT2D eigenvalue weighted by Crippen LogP contribution is -2.47. The molecule has 2 fully saturated rings. The van der Waals surface area contributed by atoms with E-state index in [9.17, 15) is 17.2 Å². The fourth-order valence-electron chi connectivity index (χ4n) is 2.83. The fraction of sp³-hybridized carbons (Fsp3) is 0.571. The van der Waals surface area contributed by atoms with Crippen LogP contribution < -0.4 is 4.72 Å². The van der Waals surface area contributed by atoms with Crippen molar-refractivity contribution in [3.8, 4) is 0 Å². The van der Waals surface area contributed by atoms with Gasteiger partial charge >= 0.3 is 0 Å². The summed E-state index contributed by atoms with van der Waals surface area (Å²) < 4.78 is 56.1. The molecule has 3 rings (SSSR count). The van der Waals surface area contributed by atoms with Crippen LogP contribution in [0, 0.1) is 11.6 Å². The highest BCUT2D eigenvalue weighted by Crippen LogP contribution is 2.47. The van der Waals surface area contributed by atoms with E-state index in [2.05, 4.69) is 4.72 Å². The number of nitrogens with one attached hydrogen (secondary N) is 1. The van der Waals surface area contributed by atoms with Crippen molar-refractivity contribution in [1.29, 1.82) is 0 Å². The number of hydrogen-bond donors (Lipinski definition) is 1. The van der Waals surface area contributed by atoms with Crippen molar-refractivity contribution in [2.45, 2.75) is 37.6 Å². The zero-order valence-electron chi connectivity index (χ0n) is 11.6. The molecule has 1 saturated carbocycles. The molecule has 0 spiro atoms. The number of piperidine rings is 1. The molecule has 0 amide bonds. The summed E-state index contributed by atoms with van der Waals surface area (Å²) in [6, 6.07) is 3.16. The average molecular weight is 316 g/mol. The SMILES string of the molecule is O=S(=O)(NC1(c2cc(F)ccc2F)CC1)N1CCCCC1. The number of nitrogens with zero attached hydrogens (tertiary/aromatic N) is 1. The summed E-state index contributed by atoms with van der Waals surface area (Å²) in [7, 11) is -3.66. The Hall–Kier alpha value is -1.05. The van der Waals surface area contributed by atoms with Crippen LogP contribution >= 0.6 is 0 Å². The Morgan fingerprint density at radius 3 is 2.38 bits per heavy atom. The van der Waals surface area contributed by atoms with Crippen LogP contribution in [0.3, 0.4) is 0 Å². The molecule has 116 valence electrons. The zero-order valence-corrected chi connectivity index (χ0v) is 12.4. The Bertz CT molecular complexity index is 638. The molecule has 1 heterocycles. The molecule has 7 heteroatoms. The second-order valence-electron chi connectivity index (χ2n) is 5.77. The molecule has 1 aliphatic heterocycles. The fourth-order valence-corrected chi connectivity index (χ4v) is 4.51. The number of halogens is 2. The van der Waals surface area contributed by atoms with Gasteiger partial charge in [0, 0.05) is 18.7 Å². The summed E-state index contributed by atoms with van der Waals surface area (Å²) in [5.74, 6) is -1.13. The first kappa shape index (κ1) is 14.9. The second-order valence-corrected chi connectivity index (χ2v) is 7.44. The molecular formula is C14H18F2N2O2S. The van der Waals surface area contributed by atoms with Gasteiger partial charge in [-0.1, -0.05) is 6.42 Å². The third-order valence-electron chi connectivity index (χ3n) is 4.17. The number of rotatable bonds is 4. The van der Waals surface area contributed by atoms with Gasteiger partial charge in [-0.2, -0.15) is 17.4 Å². The summed E-state index contributed by atoms with van der Waals surface area (Å²) >= 11 is 0. The van der Waals surface area contributed by atoms with Crippen LogP contribution in [0.25, 0.3) is 0 Å². The average Bonchev–Trinajstić information content (AvgIpc) is 3.22. The van der Waals surface area contributed by atoms with Crippen molar-refractivity contribution in [2.24, 2.45) is 0 Å². The summed E-state index contributed by atoms with van der Waals surface area (Å²) in [6.07, 6.45) is 3.67. The second kappa shape index (κ2) is 5.30. The molecule has 0 aromatic heterocycles. The smallest absolute Gasteiger partial charge is 0.207 e. The van der Waals surface area contributed by atoms with E-state index >= 15 is 0 Å². The third-order valence-corrected chi connectivity index (χ3v) is 5.87. The number of hydrogen-bond acceptors (Lipinski definition) is 2. The van der Waals surface area contributed by atoms with Crippen LogP contribution in [0.15, 0.2) is 18.2 Å². The molecule has 1 aliphatic carbocycles. The summed E-state index contributed by atoms with van der Waals surface area (Å²) in [6.45, 7) is 0.966. The van der Waals surface area contributed by atoms with E-state index in [4.69, 9.17) is 0 Å². The van der Waals surface area contributed by atoms with Gasteiger partial charge in [0.05, 0.1) is 5.54 Å². The lowest BCUT2D eigenvalue weighted by Gasteiger charge is -2.29. The molecule has 0 unspecified atom stereocenters. The lowest BCUT2D eigenvalue weighted by molar-refractivity contribution is 0.337. The van der Waals surface area contributed by atoms with Gasteiger partial charge in [0.25, 0.3) is 10.2 Å². The Balaban J connectivity index is 1.84. The lowest BCUT2D eigenvalue weighted by atomic mass is 10.1. The predicted molar refractivity (Wildman–Crippen MR) is 74.7 cm³/mol. The Kier molecular flexibility index (Phi) is 3.75. The van der Waals surface area contributed by atoms with Crippen LogP contribution in [-0.4, -0.2) is 25.8 Å². The largest absolute Gasteiger partial charge is 0.280 e. The number of benzene rings is 1. The first-order valence-corrected chi connectivity index (χ1v) is 8.62. The molecule has 21 heavy (non-hydrogen) atoms. The van der Waals surface area contributed by atoms with Crippen molar-refractivity contribution in [2.75, 3.05) is 13.1 Å². The van der Waals surface area contributed by atoms with Crippen molar-refractivity contribution in [3.05, 3.63) is 35.4 Å². The third kappa shape index (κ3) is 2.95. The van der Waals surface area contributed by atoms with E-state index < -0.39 is 27.4 Å². The minimum absolute atomic E-state index is 0.100. The molecule has 1 aromatic rings. The highest BCUT2D eigenvalue weighted by molar-refractivity contribution is 7.87. The topological polar surface area (TPSA) is 49.4 Å². The summed E-state index contributed by atoms with van der Waals surface area (Å²) in [4.78, 5) is 0. The molecule has 1 aromatic carbocycles. The summed E-state index contributed by atoms with van der Waals surface area (Å²) in [5, 5.41) is 0. The van der Waals surface area contributed by atoms with Gasteiger partial charge in [0.2, 0.25) is 0 Å². The maximum Gasteiger partial charge on any atom is 0.280 e. The standard InChI is InChI=1S/C14H18F2N2O2S/c15-11-4-5-13(16)12(10-11)14(6-7-14)17-21(19,20)18-8-2-1-3-9-18/h4-5,10,17H,1-3,6-9H2. The maximum absolute atomic E-state index is 13.9. The van der Waals surface area contributed by atoms with E-state index in [1.54, 1.807) is 0 Å². The molecule has 1 N–H and O–H groups in total. The Labute approximate surface area is 123 Å². The van der Waals surface area contributed by atoms with Crippen LogP contribution in [0.1, 0.15) is 37.7 Å². The van der Waals surface area contributed by atoms with E-state index in [0.717, 1.165) is 37.5 Å². The molecule has 0 radical (unpaired) electrons. The van der Waals surface area contributed by atoms with Gasteiger partial charge in [-0.25, -0.2) is 8.78 Å². The van der Waals surface area contributed by atoms with Gasteiger partial charge in [-0.15, -0.1) is 0 Å². The van der Waals surface area contributed by atoms with Gasteiger partial charge in [0.1, 0.15) is 11.6 Å². The zero-order chi connectivity index (χ0) is 15.1. The molecule has 2 aliphatic rings. The highest BCUT2D eigenvalue weighted by atomic mass is 32.2. The monoisotopic (exact) mass is 316 g/mol. The minimum atomic E-state index is -3.66. The molecular weight excluding hydrogens is 298 g/mol. The Morgan fingerprint density at radius 1 is 1.10 bits per heavy atom. The molecule has 0 atom stereocenters. The van der Waals surface area contributed by atoms with Crippen molar-refractivity contribution >= 4 is 10.2 Å². The van der Waals surface area contributed by atoms with Crippen LogP contribution in [0.5, 0.6) is 0 Å². The van der Waals surface area contributed by atoms with Crippen LogP contribution in [-0.2, 0) is 15.7 Å². The maximum atomic E-state index is 13.9. The van der Waals surface area contributed by atoms with Crippen molar-refractivity contribution < 1.29 is 17.2 Å². The summed E-state index contributed by atoms with van der Waals surface area (Å²) in [5.41, 5.74) is -0.884. The van der Waals surface area contributed by atoms with E-state index in [1.807, 2.05) is 0 Å². The van der Waals surface area contributed by atoms with Crippen LogP contribution in [0.4, 0.5) is 8.78 Å². The predicted octanol–water partition coefficient (Wildman–Crippen LogP) is 2.27. The first-order chi connectivity index (χ1) is 9.93. The van der Waals surface area contributed by atoms with Gasteiger partial charge in [-0.05, 0) is 43.9 Å². The minimum Gasteiger partial charge on any atom is -0.207 e. The van der Waals surface area contributed by atoms with Gasteiger partial charge in [0.15, 0.2) is 0 Å². The molecule has 4 nitrogen and oxygen atoms in total. The van der Waals surface area contributed by atoms with Crippen LogP contribution in [0.2, 0.25) is 0 Å². The van der Waals surface area contributed by atoms with E-state index in [-0.39, 0.29) is 5.56 Å². The van der Waals surface area contributed by atoms with Crippen molar-refractivity contribution in [3.63, 3.8) is 0 Å². The van der Waals surface area contributed by atoms with Gasteiger partial charge < -0.3 is 0 Å². The normalized spacial score (nSPS) is 22.2. The van der Waals surface area contributed by atoms with E-state index in [1.165, 1.54) is 4.31 Å². The highest BCUT2D eigenvalue weighted by Gasteiger charge is 2.50. The quantitative estimate of drug-likeness (QED) is 0.926. The molecule has 0 bridgehead atoms. The first-order valence-electron chi connectivity index (χ1n) is 7.18. The van der Waals surface area contributed by atoms with Gasteiger partial charge in [-0.3, -0.25) is 0 Å². The Morgan fingerprint density at radius 2 is 1.76 bits per heavy atom. The van der Waals surface area contributed by atoms with E-state index in [0.29, 0.717) is 25.9 Å².